The molecule has 1 aromatic rings. The number of carboxylic acid groups (broad SMARTS) is 1. The van der Waals surface area contributed by atoms with Crippen molar-refractivity contribution in [2.24, 2.45) is 0 Å². The standard InChI is InChI=1S/C14H20N2O3S/c1-3-16(14(19)15-11(2)13(17)18)9-10-20-12-7-5-4-6-8-12/h4-8,11H,3,9-10H2,1-2H3,(H,15,19)(H,17,18)/t11-/m1/s1. The van der Waals surface area contributed by atoms with Gasteiger partial charge in [-0.25, -0.2) is 4.79 Å². The van der Waals surface area contributed by atoms with Gasteiger partial charge in [0.15, 0.2) is 0 Å². The van der Waals surface area contributed by atoms with Gasteiger partial charge < -0.3 is 15.3 Å². The predicted octanol–water partition coefficient (Wildman–Crippen LogP) is 2.28. The van der Waals surface area contributed by atoms with Crippen LogP contribution in [-0.2, 0) is 4.79 Å². The Bertz CT molecular complexity index is 439. The number of thioether (sulfide) groups is 1. The molecule has 0 saturated heterocycles. The normalized spacial score (nSPS) is 11.7. The van der Waals surface area contributed by atoms with Crippen LogP contribution in [0.3, 0.4) is 0 Å². The van der Waals surface area contributed by atoms with Crippen molar-refractivity contribution in [2.45, 2.75) is 24.8 Å². The number of carboxylic acids is 1. The van der Waals surface area contributed by atoms with Gasteiger partial charge in [-0.1, -0.05) is 18.2 Å². The first-order valence-electron chi connectivity index (χ1n) is 6.50. The molecule has 0 unspecified atom stereocenters. The second-order valence-electron chi connectivity index (χ2n) is 4.25. The van der Waals surface area contributed by atoms with Crippen LogP contribution in [0.1, 0.15) is 13.8 Å². The molecule has 1 rings (SSSR count). The highest BCUT2D eigenvalue weighted by molar-refractivity contribution is 7.99. The molecule has 0 spiro atoms. The van der Waals surface area contributed by atoms with Gasteiger partial charge >= 0.3 is 12.0 Å². The highest BCUT2D eigenvalue weighted by atomic mass is 32.2. The summed E-state index contributed by atoms with van der Waals surface area (Å²) in [5.74, 6) is -0.264. The molecule has 2 amide bonds. The van der Waals surface area contributed by atoms with Crippen LogP contribution in [0.15, 0.2) is 35.2 Å². The fourth-order valence-corrected chi connectivity index (χ4v) is 2.43. The first kappa shape index (κ1) is 16.4. The summed E-state index contributed by atoms with van der Waals surface area (Å²) in [6, 6.07) is 8.74. The minimum Gasteiger partial charge on any atom is -0.480 e. The highest BCUT2D eigenvalue weighted by Gasteiger charge is 2.17. The average molecular weight is 296 g/mol. The van der Waals surface area contributed by atoms with E-state index in [1.54, 1.807) is 16.7 Å². The van der Waals surface area contributed by atoms with Crippen molar-refractivity contribution in [1.82, 2.24) is 10.2 Å². The number of hydrogen-bond acceptors (Lipinski definition) is 3. The topological polar surface area (TPSA) is 69.6 Å². The first-order chi connectivity index (χ1) is 9.54. The minimum atomic E-state index is -1.03. The Morgan fingerprint density at radius 2 is 2.00 bits per heavy atom. The maximum absolute atomic E-state index is 11.9. The van der Waals surface area contributed by atoms with Crippen molar-refractivity contribution < 1.29 is 14.7 Å². The maximum atomic E-state index is 11.9. The number of nitrogens with one attached hydrogen (secondary N) is 1. The van der Waals surface area contributed by atoms with Crippen molar-refractivity contribution in [1.29, 1.82) is 0 Å². The van der Waals surface area contributed by atoms with Crippen molar-refractivity contribution >= 4 is 23.8 Å². The fraction of sp³-hybridized carbons (Fsp3) is 0.429. The molecule has 1 aromatic carbocycles. The van der Waals surface area contributed by atoms with E-state index in [1.165, 1.54) is 6.92 Å². The van der Waals surface area contributed by atoms with Crippen LogP contribution in [0.4, 0.5) is 4.79 Å². The summed E-state index contributed by atoms with van der Waals surface area (Å²) in [6.45, 7) is 4.45. The van der Waals surface area contributed by atoms with Crippen LogP contribution in [-0.4, -0.2) is 46.9 Å². The molecule has 5 nitrogen and oxygen atoms in total. The Balaban J connectivity index is 2.39. The Morgan fingerprint density at radius 1 is 1.35 bits per heavy atom. The molecular weight excluding hydrogens is 276 g/mol. The molecule has 2 N–H and O–H groups in total. The maximum Gasteiger partial charge on any atom is 0.325 e. The summed E-state index contributed by atoms with van der Waals surface area (Å²) >= 11 is 1.67. The van der Waals surface area contributed by atoms with Gasteiger partial charge in [0.2, 0.25) is 0 Å². The Morgan fingerprint density at radius 3 is 2.55 bits per heavy atom. The van der Waals surface area contributed by atoms with E-state index in [2.05, 4.69) is 5.32 Å². The van der Waals surface area contributed by atoms with Crippen molar-refractivity contribution in [3.8, 4) is 0 Å². The van der Waals surface area contributed by atoms with Gasteiger partial charge in [0.05, 0.1) is 0 Å². The number of nitrogens with zero attached hydrogens (tertiary/aromatic N) is 1. The van der Waals surface area contributed by atoms with Crippen molar-refractivity contribution in [3.05, 3.63) is 30.3 Å². The summed E-state index contributed by atoms with van der Waals surface area (Å²) in [6.07, 6.45) is 0. The van der Waals surface area contributed by atoms with Crippen LogP contribution in [0, 0.1) is 0 Å². The lowest BCUT2D eigenvalue weighted by atomic mass is 10.3. The van der Waals surface area contributed by atoms with E-state index >= 15 is 0 Å². The summed E-state index contributed by atoms with van der Waals surface area (Å²) in [4.78, 5) is 25.3. The van der Waals surface area contributed by atoms with Crippen LogP contribution >= 0.6 is 11.8 Å². The molecule has 0 bridgehead atoms. The third-order valence-corrected chi connectivity index (χ3v) is 3.74. The second kappa shape index (κ2) is 8.47. The van der Waals surface area contributed by atoms with Gasteiger partial charge in [-0.05, 0) is 26.0 Å². The van der Waals surface area contributed by atoms with Gasteiger partial charge in [-0.15, -0.1) is 11.8 Å². The molecule has 0 aliphatic heterocycles. The lowest BCUT2D eigenvalue weighted by Crippen LogP contribution is -2.47. The first-order valence-corrected chi connectivity index (χ1v) is 7.49. The SMILES string of the molecule is CCN(CCSc1ccccc1)C(=O)N[C@H](C)C(=O)O. The number of carbonyl (C=O) groups is 2. The Hall–Kier alpha value is -1.69. The molecule has 0 aliphatic rings. The zero-order valence-corrected chi connectivity index (χ0v) is 12.5. The number of benzene rings is 1. The summed E-state index contributed by atoms with van der Waals surface area (Å²) in [5, 5.41) is 11.2. The molecule has 20 heavy (non-hydrogen) atoms. The van der Waals surface area contributed by atoms with E-state index in [1.807, 2.05) is 37.3 Å². The van der Waals surface area contributed by atoms with E-state index in [0.29, 0.717) is 13.1 Å². The largest absolute Gasteiger partial charge is 0.480 e. The number of urea groups is 1. The van der Waals surface area contributed by atoms with Crippen LogP contribution in [0.2, 0.25) is 0 Å². The van der Waals surface area contributed by atoms with Gasteiger partial charge in [-0.2, -0.15) is 0 Å². The lowest BCUT2D eigenvalue weighted by Gasteiger charge is -2.22. The lowest BCUT2D eigenvalue weighted by molar-refractivity contribution is -0.138. The Kier molecular flexibility index (Phi) is 6.93. The molecular formula is C14H20N2O3S. The molecule has 0 aliphatic carbocycles. The summed E-state index contributed by atoms with van der Waals surface area (Å²) in [7, 11) is 0. The van der Waals surface area contributed by atoms with Gasteiger partial charge in [0.1, 0.15) is 6.04 Å². The van der Waals surface area contributed by atoms with E-state index < -0.39 is 12.0 Å². The molecule has 0 aromatic heterocycles. The van der Waals surface area contributed by atoms with Gasteiger partial charge in [0, 0.05) is 23.7 Å². The van der Waals surface area contributed by atoms with Crippen molar-refractivity contribution in [3.63, 3.8) is 0 Å². The number of hydrogen-bond donors (Lipinski definition) is 2. The fourth-order valence-electron chi connectivity index (χ4n) is 1.53. The summed E-state index contributed by atoms with van der Waals surface area (Å²) < 4.78 is 0. The van der Waals surface area contributed by atoms with Gasteiger partial charge in [0.25, 0.3) is 0 Å². The van der Waals surface area contributed by atoms with E-state index in [9.17, 15) is 9.59 Å². The van der Waals surface area contributed by atoms with E-state index in [0.717, 1.165) is 10.6 Å². The number of carbonyl (C=O) groups excluding carboxylic acids is 1. The van der Waals surface area contributed by atoms with Crippen LogP contribution < -0.4 is 5.32 Å². The van der Waals surface area contributed by atoms with Crippen molar-refractivity contribution in [2.75, 3.05) is 18.8 Å². The van der Waals surface area contributed by atoms with E-state index in [-0.39, 0.29) is 6.03 Å². The molecule has 0 saturated carbocycles. The minimum absolute atomic E-state index is 0.337. The zero-order valence-electron chi connectivity index (χ0n) is 11.7. The Labute approximate surface area is 123 Å². The summed E-state index contributed by atoms with van der Waals surface area (Å²) in [5.41, 5.74) is 0. The quantitative estimate of drug-likeness (QED) is 0.757. The number of rotatable bonds is 7. The monoisotopic (exact) mass is 296 g/mol. The molecule has 0 fully saturated rings. The second-order valence-corrected chi connectivity index (χ2v) is 5.42. The van der Waals surface area contributed by atoms with E-state index in [4.69, 9.17) is 5.11 Å². The predicted molar refractivity (Wildman–Crippen MR) is 80.0 cm³/mol. The van der Waals surface area contributed by atoms with Crippen LogP contribution in [0.25, 0.3) is 0 Å². The highest BCUT2D eigenvalue weighted by Crippen LogP contribution is 2.16. The number of amides is 2. The zero-order chi connectivity index (χ0) is 15.0. The average Bonchev–Trinajstić information content (AvgIpc) is 2.44. The van der Waals surface area contributed by atoms with Gasteiger partial charge in [-0.3, -0.25) is 4.79 Å². The molecule has 0 heterocycles. The smallest absolute Gasteiger partial charge is 0.325 e. The van der Waals surface area contributed by atoms with Crippen LogP contribution in [0.5, 0.6) is 0 Å². The molecule has 0 radical (unpaired) electrons. The number of aliphatic carboxylic acids is 1. The third kappa shape index (κ3) is 5.52. The molecule has 110 valence electrons. The molecule has 1 atom stereocenters. The third-order valence-electron chi connectivity index (χ3n) is 2.75. The molecule has 6 heteroatoms.